The van der Waals surface area contributed by atoms with Crippen molar-refractivity contribution in [2.75, 3.05) is 0 Å². The van der Waals surface area contributed by atoms with Crippen molar-refractivity contribution in [2.45, 2.75) is 0 Å². The average Bonchev–Trinajstić information content (AvgIpc) is 3.03. The zero-order valence-corrected chi connectivity index (χ0v) is 11.5. The van der Waals surface area contributed by atoms with Crippen molar-refractivity contribution in [3.05, 3.63) is 52.9 Å². The van der Waals surface area contributed by atoms with E-state index in [1.54, 1.807) is 0 Å². The van der Waals surface area contributed by atoms with Crippen molar-refractivity contribution in [3.8, 4) is 11.4 Å². The SMILES string of the molecule is [2H]c1c([2H])c([2H])c2c(oc3c([2H])c([2H])c(-c4nc(Cl)nc(Cl)n4)c([2H])c32)c1[2H]. The molecule has 0 aliphatic carbocycles. The van der Waals surface area contributed by atoms with Crippen LogP contribution in [0.3, 0.4) is 0 Å². The number of aromatic nitrogens is 3. The zero-order valence-electron chi connectivity index (χ0n) is 17.0. The van der Waals surface area contributed by atoms with Crippen LogP contribution >= 0.6 is 23.2 Å². The highest BCUT2D eigenvalue weighted by atomic mass is 35.5. The maximum Gasteiger partial charge on any atom is 0.227 e. The summed E-state index contributed by atoms with van der Waals surface area (Å²) in [7, 11) is 0. The number of hydrogen-bond donors (Lipinski definition) is 0. The molecule has 0 spiro atoms. The molecule has 0 saturated carbocycles. The fourth-order valence-electron chi connectivity index (χ4n) is 1.85. The van der Waals surface area contributed by atoms with Crippen LogP contribution in [0, 0.1) is 0 Å². The Morgan fingerprint density at radius 3 is 2.38 bits per heavy atom. The minimum absolute atomic E-state index is 0.0503. The van der Waals surface area contributed by atoms with Crippen molar-refractivity contribution in [1.82, 2.24) is 15.0 Å². The molecule has 4 rings (SSSR count). The van der Waals surface area contributed by atoms with Gasteiger partial charge in [-0.3, -0.25) is 0 Å². The third-order valence-electron chi connectivity index (χ3n) is 2.69. The molecule has 0 aliphatic rings. The van der Waals surface area contributed by atoms with E-state index in [1.165, 1.54) is 0 Å². The smallest absolute Gasteiger partial charge is 0.227 e. The molecular weight excluding hydrogens is 309 g/mol. The third-order valence-corrected chi connectivity index (χ3v) is 3.03. The van der Waals surface area contributed by atoms with Crippen LogP contribution < -0.4 is 0 Å². The summed E-state index contributed by atoms with van der Waals surface area (Å²) in [6, 6.07) is -3.08. The number of fused-ring (bicyclic) bond motifs is 3. The van der Waals surface area contributed by atoms with Crippen LogP contribution in [-0.2, 0) is 0 Å². The predicted molar refractivity (Wildman–Crippen MR) is 82.6 cm³/mol. The molecule has 0 radical (unpaired) electrons. The minimum Gasteiger partial charge on any atom is -0.456 e. The summed E-state index contributed by atoms with van der Waals surface area (Å²) in [5.41, 5.74) is -0.586. The Hall–Kier alpha value is -2.17. The van der Waals surface area contributed by atoms with Crippen LogP contribution in [0.25, 0.3) is 33.3 Å². The quantitative estimate of drug-likeness (QED) is 0.507. The van der Waals surface area contributed by atoms with E-state index < -0.39 is 36.3 Å². The molecule has 2 aromatic heterocycles. The van der Waals surface area contributed by atoms with E-state index in [-0.39, 0.29) is 49.9 Å². The van der Waals surface area contributed by atoms with Gasteiger partial charge in [0.25, 0.3) is 0 Å². The topological polar surface area (TPSA) is 51.8 Å². The van der Waals surface area contributed by atoms with Crippen LogP contribution in [-0.4, -0.2) is 15.0 Å². The Morgan fingerprint density at radius 2 is 1.57 bits per heavy atom. The van der Waals surface area contributed by atoms with Gasteiger partial charge >= 0.3 is 0 Å². The van der Waals surface area contributed by atoms with E-state index in [4.69, 9.17) is 37.2 Å². The zero-order chi connectivity index (χ0) is 20.5. The lowest BCUT2D eigenvalue weighted by molar-refractivity contribution is 0.669. The van der Waals surface area contributed by atoms with Gasteiger partial charge in [-0.15, -0.1) is 0 Å². The number of hydrogen-bond acceptors (Lipinski definition) is 4. The largest absolute Gasteiger partial charge is 0.456 e. The molecule has 4 aromatic rings. The Labute approximate surface area is 139 Å². The van der Waals surface area contributed by atoms with E-state index in [9.17, 15) is 0 Å². The lowest BCUT2D eigenvalue weighted by Crippen LogP contribution is -1.93. The predicted octanol–water partition coefficient (Wildman–Crippen LogP) is 4.74. The molecule has 0 aliphatic heterocycles. The molecule has 0 amide bonds. The van der Waals surface area contributed by atoms with Gasteiger partial charge in [-0.2, -0.15) is 15.0 Å². The van der Waals surface area contributed by atoms with Gasteiger partial charge in [0.15, 0.2) is 5.82 Å². The molecule has 4 nitrogen and oxygen atoms in total. The van der Waals surface area contributed by atoms with Crippen LogP contribution in [0.5, 0.6) is 0 Å². The molecule has 6 heteroatoms. The van der Waals surface area contributed by atoms with Crippen molar-refractivity contribution in [2.24, 2.45) is 0 Å². The first-order valence-corrected chi connectivity index (χ1v) is 6.38. The molecule has 0 saturated heterocycles. The van der Waals surface area contributed by atoms with Crippen molar-refractivity contribution < 1.29 is 14.0 Å². The molecule has 2 aromatic carbocycles. The lowest BCUT2D eigenvalue weighted by atomic mass is 10.1. The second-order valence-corrected chi connectivity index (χ2v) is 4.63. The summed E-state index contributed by atoms with van der Waals surface area (Å²) in [5, 5.41) is -0.642. The van der Waals surface area contributed by atoms with Crippen LogP contribution in [0.1, 0.15) is 9.60 Å². The van der Waals surface area contributed by atoms with Gasteiger partial charge in [-0.25, -0.2) is 0 Å². The molecule has 0 fully saturated rings. The van der Waals surface area contributed by atoms with Crippen LogP contribution in [0.15, 0.2) is 46.7 Å². The summed E-state index contributed by atoms with van der Waals surface area (Å²) in [4.78, 5) is 11.3. The highest BCUT2D eigenvalue weighted by Crippen LogP contribution is 2.31. The summed E-state index contributed by atoms with van der Waals surface area (Å²) in [5.74, 6) is -0.203. The molecule has 0 atom stereocenters. The Bertz CT molecular complexity index is 1310. The summed E-state index contributed by atoms with van der Waals surface area (Å²) < 4.78 is 62.3. The summed E-state index contributed by atoms with van der Waals surface area (Å²) in [6.07, 6.45) is 0. The fourth-order valence-corrected chi connectivity index (χ4v) is 2.22. The van der Waals surface area contributed by atoms with Gasteiger partial charge in [0, 0.05) is 16.3 Å². The first-order chi connectivity index (χ1) is 13.1. The standard InChI is InChI=1S/C15H7Cl2N3O/c16-14-18-13(19-15(17)20-14)8-5-6-12-10(7-8)9-3-1-2-4-11(9)21-12/h1-7H/i1D,2D,3D,4D,5D,6D,7D. The second kappa shape index (κ2) is 4.69. The van der Waals surface area contributed by atoms with Crippen molar-refractivity contribution in [3.63, 3.8) is 0 Å². The Balaban J connectivity index is 2.25. The van der Waals surface area contributed by atoms with Crippen LogP contribution in [0.4, 0.5) is 0 Å². The Morgan fingerprint density at radius 1 is 0.857 bits per heavy atom. The monoisotopic (exact) mass is 322 g/mol. The number of nitrogens with zero attached hydrogens (tertiary/aromatic N) is 3. The van der Waals surface area contributed by atoms with Gasteiger partial charge in [0.2, 0.25) is 10.6 Å². The van der Waals surface area contributed by atoms with E-state index >= 15 is 0 Å². The maximum atomic E-state index is 8.54. The van der Waals surface area contributed by atoms with Gasteiger partial charge in [-0.05, 0) is 47.4 Å². The molecule has 102 valence electrons. The minimum atomic E-state index is -0.506. The Kier molecular flexibility index (Phi) is 1.61. The van der Waals surface area contributed by atoms with Gasteiger partial charge in [0.1, 0.15) is 11.2 Å². The normalized spacial score (nSPS) is 16.0. The third kappa shape index (κ3) is 2.13. The van der Waals surface area contributed by atoms with E-state index in [0.29, 0.717) is 0 Å². The molecular formula is C15H7Cl2N3O. The number of halogens is 2. The fraction of sp³-hybridized carbons (Fsp3) is 0. The van der Waals surface area contributed by atoms with Crippen LogP contribution in [0.2, 0.25) is 10.6 Å². The number of para-hydroxylation sites is 1. The number of rotatable bonds is 1. The molecule has 0 N–H and O–H groups in total. The van der Waals surface area contributed by atoms with E-state index in [1.807, 2.05) is 0 Å². The lowest BCUT2D eigenvalue weighted by Gasteiger charge is -2.01. The van der Waals surface area contributed by atoms with Crippen molar-refractivity contribution in [1.29, 1.82) is 0 Å². The van der Waals surface area contributed by atoms with Gasteiger partial charge in [-0.1, -0.05) is 18.1 Å². The molecule has 2 heterocycles. The van der Waals surface area contributed by atoms with E-state index in [2.05, 4.69) is 15.0 Å². The highest BCUT2D eigenvalue weighted by molar-refractivity contribution is 6.31. The first-order valence-electron chi connectivity index (χ1n) is 9.13. The number of benzene rings is 2. The van der Waals surface area contributed by atoms with Gasteiger partial charge < -0.3 is 4.42 Å². The average molecular weight is 323 g/mol. The summed E-state index contributed by atoms with van der Waals surface area (Å²) in [6.45, 7) is 0. The summed E-state index contributed by atoms with van der Waals surface area (Å²) >= 11 is 11.6. The second-order valence-electron chi connectivity index (χ2n) is 3.96. The van der Waals surface area contributed by atoms with E-state index in [0.717, 1.165) is 0 Å². The maximum absolute atomic E-state index is 8.54. The molecule has 21 heavy (non-hydrogen) atoms. The highest BCUT2D eigenvalue weighted by Gasteiger charge is 2.10. The molecule has 0 bridgehead atoms. The van der Waals surface area contributed by atoms with Gasteiger partial charge in [0.05, 0.1) is 9.60 Å². The number of furan rings is 1. The first kappa shape index (κ1) is 7.20. The van der Waals surface area contributed by atoms with Crippen molar-refractivity contribution >= 4 is 45.1 Å². The molecule has 0 unspecified atom stereocenters.